The van der Waals surface area contributed by atoms with Crippen molar-refractivity contribution in [3.8, 4) is 17.6 Å². The van der Waals surface area contributed by atoms with E-state index in [0.29, 0.717) is 23.0 Å². The van der Waals surface area contributed by atoms with Crippen molar-refractivity contribution in [3.05, 3.63) is 85.6 Å². The van der Waals surface area contributed by atoms with Crippen molar-refractivity contribution in [2.45, 2.75) is 10.9 Å². The smallest absolute Gasteiger partial charge is 0.175 e. The lowest BCUT2D eigenvalue weighted by molar-refractivity contribution is 0.282. The topological polar surface area (TPSA) is 55.1 Å². The van der Waals surface area contributed by atoms with E-state index in [4.69, 9.17) is 9.47 Å². The number of halogens is 2. The molecular formula is C24H16Br2N2O2S2. The van der Waals surface area contributed by atoms with Gasteiger partial charge in [0.1, 0.15) is 12.7 Å². The first kappa shape index (κ1) is 22.9. The number of allylic oxidation sites excluding steroid dienone is 1. The predicted molar refractivity (Wildman–Crippen MR) is 138 cm³/mol. The number of benzene rings is 3. The molecule has 0 atom stereocenters. The van der Waals surface area contributed by atoms with Crippen LogP contribution in [0, 0.1) is 11.3 Å². The van der Waals surface area contributed by atoms with Gasteiger partial charge in [0.25, 0.3) is 0 Å². The number of nitriles is 1. The number of thioether (sulfide) groups is 1. The average Bonchev–Trinajstić information content (AvgIpc) is 3.21. The highest BCUT2D eigenvalue weighted by atomic mass is 79.9. The van der Waals surface area contributed by atoms with E-state index in [0.717, 1.165) is 34.6 Å². The summed E-state index contributed by atoms with van der Waals surface area (Å²) in [5, 5.41) is 9.67. The number of fused-ring (bicyclic) bond motifs is 1. The Hall–Kier alpha value is -2.31. The maximum Gasteiger partial charge on any atom is 0.175 e. The second-order valence-electron chi connectivity index (χ2n) is 6.62. The highest BCUT2D eigenvalue weighted by molar-refractivity contribution is 9.10. The van der Waals surface area contributed by atoms with Gasteiger partial charge in [-0.2, -0.15) is 5.26 Å². The second kappa shape index (κ2) is 10.5. The van der Waals surface area contributed by atoms with Crippen LogP contribution in [0.3, 0.4) is 0 Å². The first-order valence-corrected chi connectivity index (χ1v) is 12.7. The molecule has 0 radical (unpaired) electrons. The number of aromatic nitrogens is 1. The third-order valence-electron chi connectivity index (χ3n) is 4.43. The maximum absolute atomic E-state index is 9.67. The largest absolute Gasteiger partial charge is 0.493 e. The minimum atomic E-state index is 0.411. The Balaban J connectivity index is 1.55. The zero-order valence-electron chi connectivity index (χ0n) is 16.8. The van der Waals surface area contributed by atoms with Crippen LogP contribution in [0.25, 0.3) is 16.3 Å². The standard InChI is InChI=1S/C24H16Br2N2O2S2/c1-29-21-12-16(11-19(26)23(21)30-14-15-6-8-17(25)9-7-15)10-18(13-27)31-24-28-20-4-2-3-5-22(20)32-24/h2-12H,14H2,1H3/b18-10+. The first-order valence-electron chi connectivity index (χ1n) is 9.45. The normalized spacial score (nSPS) is 11.4. The van der Waals surface area contributed by atoms with Gasteiger partial charge in [-0.05, 0) is 81.3 Å². The van der Waals surface area contributed by atoms with Gasteiger partial charge in [0.2, 0.25) is 0 Å². The third kappa shape index (κ3) is 5.54. The summed E-state index contributed by atoms with van der Waals surface area (Å²) in [6.07, 6.45) is 1.82. The molecule has 0 saturated heterocycles. The third-order valence-corrected chi connectivity index (χ3v) is 7.57. The van der Waals surface area contributed by atoms with Gasteiger partial charge >= 0.3 is 0 Å². The molecule has 0 spiro atoms. The van der Waals surface area contributed by atoms with Crippen LogP contribution < -0.4 is 9.47 Å². The number of thiazole rings is 1. The molecule has 0 N–H and O–H groups in total. The van der Waals surface area contributed by atoms with Crippen molar-refractivity contribution < 1.29 is 9.47 Å². The fraction of sp³-hybridized carbons (Fsp3) is 0.0833. The fourth-order valence-electron chi connectivity index (χ4n) is 2.92. The zero-order chi connectivity index (χ0) is 22.5. The molecule has 0 aliphatic heterocycles. The van der Waals surface area contributed by atoms with E-state index >= 15 is 0 Å². The molecule has 32 heavy (non-hydrogen) atoms. The van der Waals surface area contributed by atoms with E-state index in [1.54, 1.807) is 18.4 Å². The summed E-state index contributed by atoms with van der Waals surface area (Å²) in [5.41, 5.74) is 2.81. The van der Waals surface area contributed by atoms with Crippen LogP contribution in [0.1, 0.15) is 11.1 Å². The number of ether oxygens (including phenoxy) is 2. The van der Waals surface area contributed by atoms with Crippen molar-refractivity contribution in [2.24, 2.45) is 0 Å². The summed E-state index contributed by atoms with van der Waals surface area (Å²) in [5.74, 6) is 1.20. The zero-order valence-corrected chi connectivity index (χ0v) is 21.6. The number of para-hydroxylation sites is 1. The Bertz CT molecular complexity index is 1300. The molecule has 4 rings (SSSR count). The van der Waals surface area contributed by atoms with Gasteiger partial charge in [-0.25, -0.2) is 4.98 Å². The van der Waals surface area contributed by atoms with Crippen molar-refractivity contribution in [1.29, 1.82) is 5.26 Å². The van der Waals surface area contributed by atoms with Crippen LogP contribution in [0.15, 0.2) is 78.9 Å². The molecular weight excluding hydrogens is 572 g/mol. The molecule has 0 aliphatic rings. The lowest BCUT2D eigenvalue weighted by Gasteiger charge is -2.14. The molecule has 160 valence electrons. The number of rotatable bonds is 7. The molecule has 3 aromatic carbocycles. The molecule has 0 bridgehead atoms. The molecule has 8 heteroatoms. The summed E-state index contributed by atoms with van der Waals surface area (Å²) in [6, 6.07) is 21.9. The van der Waals surface area contributed by atoms with Gasteiger partial charge in [-0.3, -0.25) is 0 Å². The van der Waals surface area contributed by atoms with Gasteiger partial charge < -0.3 is 9.47 Å². The van der Waals surface area contributed by atoms with Crippen molar-refractivity contribution >= 4 is 71.3 Å². The quantitative estimate of drug-likeness (QED) is 0.162. The van der Waals surface area contributed by atoms with Gasteiger partial charge in [-0.1, -0.05) is 40.2 Å². The number of nitrogens with zero attached hydrogens (tertiary/aromatic N) is 2. The number of hydrogen-bond donors (Lipinski definition) is 0. The minimum absolute atomic E-state index is 0.411. The van der Waals surface area contributed by atoms with E-state index in [2.05, 4.69) is 42.9 Å². The van der Waals surface area contributed by atoms with E-state index in [1.165, 1.54) is 11.8 Å². The van der Waals surface area contributed by atoms with Gasteiger partial charge in [0, 0.05) is 4.47 Å². The molecule has 0 fully saturated rings. The molecule has 0 aliphatic carbocycles. The van der Waals surface area contributed by atoms with Crippen molar-refractivity contribution in [2.75, 3.05) is 7.11 Å². The Labute approximate surface area is 211 Å². The van der Waals surface area contributed by atoms with E-state index in [1.807, 2.05) is 66.7 Å². The van der Waals surface area contributed by atoms with Gasteiger partial charge in [-0.15, -0.1) is 11.3 Å². The highest BCUT2D eigenvalue weighted by Crippen LogP contribution is 2.39. The highest BCUT2D eigenvalue weighted by Gasteiger charge is 2.13. The number of methoxy groups -OCH3 is 1. The van der Waals surface area contributed by atoms with Crippen molar-refractivity contribution in [1.82, 2.24) is 4.98 Å². The van der Waals surface area contributed by atoms with Gasteiger partial charge in [0.15, 0.2) is 15.8 Å². The van der Waals surface area contributed by atoms with E-state index < -0.39 is 0 Å². The molecule has 4 nitrogen and oxygen atoms in total. The van der Waals surface area contributed by atoms with E-state index in [-0.39, 0.29) is 0 Å². The lowest BCUT2D eigenvalue weighted by atomic mass is 10.2. The average molecular weight is 588 g/mol. The number of hydrogen-bond acceptors (Lipinski definition) is 6. The van der Waals surface area contributed by atoms with Gasteiger partial charge in [0.05, 0.1) is 26.7 Å². The van der Waals surface area contributed by atoms with Crippen molar-refractivity contribution in [3.63, 3.8) is 0 Å². The van der Waals surface area contributed by atoms with Crippen LogP contribution in [-0.4, -0.2) is 12.1 Å². The molecule has 0 saturated carbocycles. The SMILES string of the molecule is COc1cc(/C=C(\C#N)Sc2nc3ccccc3s2)cc(Br)c1OCc1ccc(Br)cc1. The fourth-order valence-corrected chi connectivity index (χ4v) is 5.74. The van der Waals surface area contributed by atoms with Crippen LogP contribution in [0.2, 0.25) is 0 Å². The molecule has 0 amide bonds. The first-order chi connectivity index (χ1) is 15.6. The van der Waals surface area contributed by atoms with Crippen LogP contribution >= 0.6 is 55.0 Å². The van der Waals surface area contributed by atoms with E-state index in [9.17, 15) is 5.26 Å². The van der Waals surface area contributed by atoms with Crippen LogP contribution in [0.4, 0.5) is 0 Å². The van der Waals surface area contributed by atoms with Crippen LogP contribution in [0.5, 0.6) is 11.5 Å². The summed E-state index contributed by atoms with van der Waals surface area (Å²) < 4.78 is 15.3. The summed E-state index contributed by atoms with van der Waals surface area (Å²) in [7, 11) is 1.60. The maximum atomic E-state index is 9.67. The summed E-state index contributed by atoms with van der Waals surface area (Å²) in [6.45, 7) is 0.411. The second-order valence-corrected chi connectivity index (χ2v) is 10.7. The Morgan fingerprint density at radius 1 is 1.16 bits per heavy atom. The molecule has 1 heterocycles. The predicted octanol–water partition coefficient (Wildman–Crippen LogP) is 8.07. The Morgan fingerprint density at radius 3 is 2.66 bits per heavy atom. The monoisotopic (exact) mass is 586 g/mol. The Morgan fingerprint density at radius 2 is 1.94 bits per heavy atom. The Kier molecular flexibility index (Phi) is 7.53. The minimum Gasteiger partial charge on any atom is -0.493 e. The summed E-state index contributed by atoms with van der Waals surface area (Å²) in [4.78, 5) is 5.14. The summed E-state index contributed by atoms with van der Waals surface area (Å²) >= 11 is 9.95. The molecule has 4 aromatic rings. The molecule has 0 unspecified atom stereocenters. The lowest BCUT2D eigenvalue weighted by Crippen LogP contribution is -1.99. The van der Waals surface area contributed by atoms with Crippen LogP contribution in [-0.2, 0) is 6.61 Å². The molecule has 1 aromatic heterocycles.